The molecule has 2 rings (SSSR count). The molecule has 2 fully saturated rings. The highest BCUT2D eigenvalue weighted by Crippen LogP contribution is 2.41. The van der Waals surface area contributed by atoms with Crippen molar-refractivity contribution in [2.24, 2.45) is 0 Å². The van der Waals surface area contributed by atoms with E-state index in [0.717, 1.165) is 19.3 Å². The van der Waals surface area contributed by atoms with Crippen molar-refractivity contribution < 1.29 is 24.3 Å². The van der Waals surface area contributed by atoms with Gasteiger partial charge in [0, 0.05) is 31.3 Å². The maximum absolute atomic E-state index is 12.3. The zero-order chi connectivity index (χ0) is 17.1. The molecule has 128 valence electrons. The van der Waals surface area contributed by atoms with Gasteiger partial charge in [-0.25, -0.2) is 4.79 Å². The average Bonchev–Trinajstić information content (AvgIpc) is 2.94. The minimum absolute atomic E-state index is 0.113. The highest BCUT2D eigenvalue weighted by atomic mass is 32.2. The van der Waals surface area contributed by atoms with E-state index in [9.17, 15) is 19.2 Å². The predicted octanol–water partition coefficient (Wildman–Crippen LogP) is 1.70. The summed E-state index contributed by atoms with van der Waals surface area (Å²) in [4.78, 5) is 48.9. The number of carboxylic acid groups (broad SMARTS) is 1. The number of amides is 4. The molecule has 0 aliphatic carbocycles. The van der Waals surface area contributed by atoms with E-state index in [1.54, 1.807) is 11.8 Å². The number of rotatable bonds is 6. The summed E-state index contributed by atoms with van der Waals surface area (Å²) in [5.74, 6) is -0.787. The Morgan fingerprint density at radius 1 is 1.13 bits per heavy atom. The lowest BCUT2D eigenvalue weighted by molar-refractivity contribution is -0.137. The van der Waals surface area contributed by atoms with E-state index in [4.69, 9.17) is 5.11 Å². The second-order valence-electron chi connectivity index (χ2n) is 5.98. The molecular weight excluding hydrogens is 320 g/mol. The first kappa shape index (κ1) is 17.8. The molecule has 2 heterocycles. The molecule has 8 heteroatoms. The molecule has 0 aromatic carbocycles. The minimum atomic E-state index is -0.790. The molecule has 0 bridgehead atoms. The topological polar surface area (TPSA) is 95.0 Å². The fourth-order valence-electron chi connectivity index (χ4n) is 3.38. The Bertz CT molecular complexity index is 524. The number of hydrogen-bond acceptors (Lipinski definition) is 5. The molecule has 2 saturated heterocycles. The molecule has 0 aromatic rings. The number of urea groups is 1. The minimum Gasteiger partial charge on any atom is -0.481 e. The van der Waals surface area contributed by atoms with E-state index in [2.05, 4.69) is 0 Å². The Morgan fingerprint density at radius 2 is 1.78 bits per heavy atom. The van der Waals surface area contributed by atoms with Crippen LogP contribution in [0.1, 0.15) is 46.0 Å². The van der Waals surface area contributed by atoms with Gasteiger partial charge in [0.1, 0.15) is 0 Å². The lowest BCUT2D eigenvalue weighted by Gasteiger charge is -2.24. The van der Waals surface area contributed by atoms with Crippen molar-refractivity contribution in [1.29, 1.82) is 0 Å². The van der Waals surface area contributed by atoms with E-state index in [1.807, 2.05) is 0 Å². The van der Waals surface area contributed by atoms with Crippen molar-refractivity contribution in [3.8, 4) is 0 Å². The van der Waals surface area contributed by atoms with Gasteiger partial charge in [0.05, 0.1) is 12.1 Å². The van der Waals surface area contributed by atoms with Crippen LogP contribution >= 0.6 is 11.8 Å². The number of nitrogens with zero attached hydrogens (tertiary/aromatic N) is 2. The van der Waals surface area contributed by atoms with Crippen LogP contribution in [0.15, 0.2) is 0 Å². The number of carbonyl (C=O) groups excluding carboxylic acids is 3. The third kappa shape index (κ3) is 3.68. The summed E-state index contributed by atoms with van der Waals surface area (Å²) in [6, 6.07) is -0.998. The molecule has 3 atom stereocenters. The van der Waals surface area contributed by atoms with E-state index in [1.165, 1.54) is 23.6 Å². The second kappa shape index (κ2) is 7.33. The van der Waals surface area contributed by atoms with Crippen molar-refractivity contribution in [3.05, 3.63) is 0 Å². The number of unbranched alkanes of at least 4 members (excludes halogenated alkanes) is 2. The van der Waals surface area contributed by atoms with E-state index in [0.29, 0.717) is 12.2 Å². The van der Waals surface area contributed by atoms with E-state index >= 15 is 0 Å². The van der Waals surface area contributed by atoms with Gasteiger partial charge in [0.25, 0.3) is 0 Å². The summed E-state index contributed by atoms with van der Waals surface area (Å²) in [5.41, 5.74) is 0. The molecule has 0 aromatic heterocycles. The van der Waals surface area contributed by atoms with Gasteiger partial charge < -0.3 is 5.11 Å². The van der Waals surface area contributed by atoms with Crippen LogP contribution in [0.5, 0.6) is 0 Å². The SMILES string of the molecule is CC(=O)N1C(=O)N(C(C)=O)C2C(CCCCCC(=O)O)SCC21. The Kier molecular flexibility index (Phi) is 5.67. The normalized spacial score (nSPS) is 26.5. The molecule has 1 N–H and O–H groups in total. The van der Waals surface area contributed by atoms with Gasteiger partial charge in [-0.15, -0.1) is 0 Å². The maximum Gasteiger partial charge on any atom is 0.334 e. The Labute approximate surface area is 139 Å². The summed E-state index contributed by atoms with van der Waals surface area (Å²) >= 11 is 1.69. The van der Waals surface area contributed by atoms with Gasteiger partial charge in [-0.1, -0.05) is 12.8 Å². The molecule has 0 saturated carbocycles. The second-order valence-corrected chi connectivity index (χ2v) is 7.26. The maximum atomic E-state index is 12.3. The van der Waals surface area contributed by atoms with Crippen molar-refractivity contribution in [2.75, 3.05) is 5.75 Å². The number of thioether (sulfide) groups is 1. The molecule has 7 nitrogen and oxygen atoms in total. The van der Waals surface area contributed by atoms with Crippen LogP contribution in [0.3, 0.4) is 0 Å². The van der Waals surface area contributed by atoms with Crippen LogP contribution in [-0.2, 0) is 14.4 Å². The fourth-order valence-corrected chi connectivity index (χ4v) is 5.01. The molecule has 0 radical (unpaired) electrons. The van der Waals surface area contributed by atoms with Gasteiger partial charge in [0.15, 0.2) is 0 Å². The average molecular weight is 342 g/mol. The Balaban J connectivity index is 1.99. The molecule has 0 spiro atoms. The molecule has 2 aliphatic heterocycles. The zero-order valence-corrected chi connectivity index (χ0v) is 14.2. The van der Waals surface area contributed by atoms with Crippen molar-refractivity contribution >= 4 is 35.6 Å². The van der Waals surface area contributed by atoms with Gasteiger partial charge in [0.2, 0.25) is 11.8 Å². The summed E-state index contributed by atoms with van der Waals surface area (Å²) < 4.78 is 0. The summed E-state index contributed by atoms with van der Waals surface area (Å²) in [6.45, 7) is 2.70. The monoisotopic (exact) mass is 342 g/mol. The van der Waals surface area contributed by atoms with Crippen LogP contribution in [0, 0.1) is 0 Å². The van der Waals surface area contributed by atoms with Crippen LogP contribution < -0.4 is 0 Å². The zero-order valence-electron chi connectivity index (χ0n) is 13.4. The highest BCUT2D eigenvalue weighted by Gasteiger charge is 2.55. The van der Waals surface area contributed by atoms with Crippen molar-refractivity contribution in [2.45, 2.75) is 63.3 Å². The number of carbonyl (C=O) groups is 4. The van der Waals surface area contributed by atoms with Crippen LogP contribution in [-0.4, -0.2) is 61.8 Å². The number of imide groups is 2. The Morgan fingerprint density at radius 3 is 2.35 bits per heavy atom. The number of fused-ring (bicyclic) bond motifs is 1. The third-order valence-corrected chi connectivity index (χ3v) is 5.83. The first-order valence-electron chi connectivity index (χ1n) is 7.81. The standard InChI is InChI=1S/C15H22N2O5S/c1-9(18)16-11-8-23-12(6-4-3-5-7-13(20)21)14(11)17(10(2)19)15(16)22/h11-12,14H,3-8H2,1-2H3,(H,20,21). The third-order valence-electron chi connectivity index (χ3n) is 4.36. The van der Waals surface area contributed by atoms with Crippen LogP contribution in [0.25, 0.3) is 0 Å². The van der Waals surface area contributed by atoms with E-state index in [-0.39, 0.29) is 35.6 Å². The van der Waals surface area contributed by atoms with Crippen LogP contribution in [0.4, 0.5) is 4.79 Å². The highest BCUT2D eigenvalue weighted by molar-refractivity contribution is 8.00. The summed E-state index contributed by atoms with van der Waals surface area (Å²) in [6.07, 6.45) is 3.28. The quantitative estimate of drug-likeness (QED) is 0.583. The van der Waals surface area contributed by atoms with Gasteiger partial charge >= 0.3 is 12.0 Å². The number of hydrogen-bond donors (Lipinski definition) is 1. The first-order valence-corrected chi connectivity index (χ1v) is 8.86. The van der Waals surface area contributed by atoms with Crippen molar-refractivity contribution in [1.82, 2.24) is 9.80 Å². The summed E-state index contributed by atoms with van der Waals surface area (Å²) in [7, 11) is 0. The van der Waals surface area contributed by atoms with Crippen LogP contribution in [0.2, 0.25) is 0 Å². The molecular formula is C15H22N2O5S. The smallest absolute Gasteiger partial charge is 0.334 e. The predicted molar refractivity (Wildman–Crippen MR) is 85.0 cm³/mol. The first-order chi connectivity index (χ1) is 10.8. The molecule has 4 amide bonds. The molecule has 3 unspecified atom stereocenters. The fraction of sp³-hybridized carbons (Fsp3) is 0.733. The largest absolute Gasteiger partial charge is 0.481 e. The van der Waals surface area contributed by atoms with Gasteiger partial charge in [-0.2, -0.15) is 11.8 Å². The lowest BCUT2D eigenvalue weighted by Crippen LogP contribution is -2.43. The lowest BCUT2D eigenvalue weighted by atomic mass is 10.0. The summed E-state index contributed by atoms with van der Waals surface area (Å²) in [5, 5.41) is 8.74. The molecule has 2 aliphatic rings. The number of carboxylic acids is 1. The van der Waals surface area contributed by atoms with Gasteiger partial charge in [-0.3, -0.25) is 24.2 Å². The molecule has 23 heavy (non-hydrogen) atoms. The number of aliphatic carboxylic acids is 1. The van der Waals surface area contributed by atoms with Crippen molar-refractivity contribution in [3.63, 3.8) is 0 Å². The van der Waals surface area contributed by atoms with Gasteiger partial charge in [-0.05, 0) is 12.8 Å². The van der Waals surface area contributed by atoms with E-state index < -0.39 is 12.0 Å². The Hall–Kier alpha value is -1.57.